The maximum atomic E-state index is 13.3. The molecule has 0 atom stereocenters. The average Bonchev–Trinajstić information content (AvgIpc) is 3.37. The number of nitrogens with one attached hydrogen (secondary N) is 2. The zero-order valence-corrected chi connectivity index (χ0v) is 24.8. The molecule has 0 spiro atoms. The van der Waals surface area contributed by atoms with Crippen molar-refractivity contribution in [3.05, 3.63) is 64.6 Å². The van der Waals surface area contributed by atoms with E-state index in [1.807, 2.05) is 28.9 Å². The molecule has 40 heavy (non-hydrogen) atoms. The number of aromatic nitrogens is 4. The van der Waals surface area contributed by atoms with Crippen LogP contribution in [-0.2, 0) is 24.8 Å². The summed E-state index contributed by atoms with van der Waals surface area (Å²) < 4.78 is 1.85. The van der Waals surface area contributed by atoms with Crippen LogP contribution in [0.15, 0.2) is 36.4 Å². The number of nitrogens with zero attached hydrogens (tertiary/aromatic N) is 5. The number of carbonyl (C=O) groups excluding carboxylic acids is 1. The Bertz CT molecular complexity index is 1300. The van der Waals surface area contributed by atoms with Gasteiger partial charge in [-0.1, -0.05) is 51.1 Å². The lowest BCUT2D eigenvalue weighted by atomic mass is 9.86. The highest BCUT2D eigenvalue weighted by atomic mass is 16.2. The maximum absolute atomic E-state index is 13.3. The van der Waals surface area contributed by atoms with Crippen LogP contribution >= 0.6 is 0 Å². The van der Waals surface area contributed by atoms with E-state index in [1.165, 1.54) is 24.1 Å². The van der Waals surface area contributed by atoms with E-state index in [2.05, 4.69) is 62.5 Å². The standard InChI is InChI=1S/C32H45N7O/c1-32(2,3)28-19-27(39(37-28)21-23-11-7-6-8-12-23)30(40)33-20-22-15-17-24(18-16-22)34-31-35-26-14-10-9-13-25(26)29(36-31)38(4)5/h6-8,11-12,19,22,24H,9-10,13-18,20-21H2,1-5H3,(H,33,40)(H,34,35,36)/t22-,24+. The first kappa shape index (κ1) is 28.1. The summed E-state index contributed by atoms with van der Waals surface area (Å²) in [5, 5.41) is 11.7. The van der Waals surface area contributed by atoms with Crippen molar-refractivity contribution in [2.75, 3.05) is 30.9 Å². The molecule has 0 bridgehead atoms. The third-order valence-corrected chi connectivity index (χ3v) is 8.27. The molecule has 3 aromatic rings. The van der Waals surface area contributed by atoms with E-state index < -0.39 is 0 Å². The third-order valence-electron chi connectivity index (χ3n) is 8.27. The number of carbonyl (C=O) groups is 1. The van der Waals surface area contributed by atoms with Gasteiger partial charge in [-0.25, -0.2) is 4.98 Å². The normalized spacial score (nSPS) is 19.1. The number of anilines is 2. The van der Waals surface area contributed by atoms with Crippen LogP contribution in [0, 0.1) is 5.92 Å². The number of aryl methyl sites for hydroxylation is 1. The second-order valence-electron chi connectivity index (χ2n) is 12.8. The van der Waals surface area contributed by atoms with Crippen LogP contribution in [0.25, 0.3) is 0 Å². The molecule has 1 saturated carbocycles. The number of hydrogen-bond donors (Lipinski definition) is 2. The lowest BCUT2D eigenvalue weighted by molar-refractivity contribution is 0.0933. The van der Waals surface area contributed by atoms with Gasteiger partial charge in [-0.05, 0) is 68.9 Å². The van der Waals surface area contributed by atoms with Crippen molar-refractivity contribution in [2.45, 2.75) is 90.1 Å². The number of benzene rings is 1. The van der Waals surface area contributed by atoms with E-state index >= 15 is 0 Å². The highest BCUT2D eigenvalue weighted by Crippen LogP contribution is 2.30. The Morgan fingerprint density at radius 1 is 1.02 bits per heavy atom. The predicted octanol–water partition coefficient (Wildman–Crippen LogP) is 5.36. The van der Waals surface area contributed by atoms with Crippen molar-refractivity contribution < 1.29 is 4.79 Å². The molecule has 2 aliphatic rings. The summed E-state index contributed by atoms with van der Waals surface area (Å²) in [5.41, 5.74) is 5.10. The van der Waals surface area contributed by atoms with E-state index in [4.69, 9.17) is 15.1 Å². The summed E-state index contributed by atoms with van der Waals surface area (Å²) >= 11 is 0. The molecule has 0 radical (unpaired) electrons. The Labute approximate surface area is 239 Å². The van der Waals surface area contributed by atoms with Crippen molar-refractivity contribution in [1.29, 1.82) is 0 Å². The number of rotatable bonds is 8. The molecule has 1 aromatic carbocycles. The van der Waals surface area contributed by atoms with Crippen LogP contribution in [0.3, 0.4) is 0 Å². The molecular formula is C32H45N7O. The minimum absolute atomic E-state index is 0.0437. The second kappa shape index (κ2) is 12.0. The van der Waals surface area contributed by atoms with Crippen LogP contribution in [-0.4, -0.2) is 52.3 Å². The van der Waals surface area contributed by atoms with Gasteiger partial charge in [0.1, 0.15) is 11.5 Å². The highest BCUT2D eigenvalue weighted by molar-refractivity contribution is 5.92. The van der Waals surface area contributed by atoms with Gasteiger partial charge in [-0.3, -0.25) is 9.48 Å². The summed E-state index contributed by atoms with van der Waals surface area (Å²) in [5.74, 6) is 2.25. The number of amides is 1. The quantitative estimate of drug-likeness (QED) is 0.398. The molecule has 214 valence electrons. The van der Waals surface area contributed by atoms with Crippen LogP contribution < -0.4 is 15.5 Å². The smallest absolute Gasteiger partial charge is 0.269 e. The monoisotopic (exact) mass is 543 g/mol. The van der Waals surface area contributed by atoms with E-state index in [0.29, 0.717) is 30.7 Å². The van der Waals surface area contributed by atoms with Gasteiger partial charge in [0, 0.05) is 37.7 Å². The van der Waals surface area contributed by atoms with Gasteiger partial charge in [-0.15, -0.1) is 0 Å². The SMILES string of the molecule is CN(C)c1nc(N[C@H]2CC[C@@H](CNC(=O)c3cc(C(C)(C)C)nn3Cc3ccccc3)CC2)nc2c1CCCC2. The Balaban J connectivity index is 1.17. The molecule has 1 fully saturated rings. The van der Waals surface area contributed by atoms with Gasteiger partial charge >= 0.3 is 0 Å². The van der Waals surface area contributed by atoms with Crippen molar-refractivity contribution in [3.8, 4) is 0 Å². The first-order valence-electron chi connectivity index (χ1n) is 14.9. The summed E-state index contributed by atoms with van der Waals surface area (Å²) in [6.07, 6.45) is 8.79. The topological polar surface area (TPSA) is 88.0 Å². The van der Waals surface area contributed by atoms with Crippen molar-refractivity contribution in [3.63, 3.8) is 0 Å². The van der Waals surface area contributed by atoms with E-state index in [1.54, 1.807) is 0 Å². The van der Waals surface area contributed by atoms with Crippen molar-refractivity contribution >= 4 is 17.7 Å². The molecule has 8 heteroatoms. The molecule has 2 aliphatic carbocycles. The van der Waals surface area contributed by atoms with Gasteiger partial charge in [0.2, 0.25) is 5.95 Å². The minimum atomic E-state index is -0.128. The molecule has 8 nitrogen and oxygen atoms in total. The second-order valence-corrected chi connectivity index (χ2v) is 12.8. The van der Waals surface area contributed by atoms with Crippen LogP contribution in [0.1, 0.15) is 92.3 Å². The number of hydrogen-bond acceptors (Lipinski definition) is 6. The van der Waals surface area contributed by atoms with Gasteiger partial charge in [0.15, 0.2) is 0 Å². The molecule has 5 rings (SSSR count). The Kier molecular flexibility index (Phi) is 8.43. The Morgan fingerprint density at radius 3 is 2.45 bits per heavy atom. The molecule has 2 heterocycles. The van der Waals surface area contributed by atoms with Crippen molar-refractivity contribution in [1.82, 2.24) is 25.1 Å². The first-order chi connectivity index (χ1) is 19.2. The molecule has 1 amide bonds. The van der Waals surface area contributed by atoms with Gasteiger partial charge in [0.05, 0.1) is 17.9 Å². The van der Waals surface area contributed by atoms with E-state index in [9.17, 15) is 4.79 Å². The van der Waals surface area contributed by atoms with Gasteiger partial charge in [-0.2, -0.15) is 10.1 Å². The summed E-state index contributed by atoms with van der Waals surface area (Å²) in [6, 6.07) is 12.5. The maximum Gasteiger partial charge on any atom is 0.269 e. The molecule has 2 N–H and O–H groups in total. The van der Waals surface area contributed by atoms with Crippen molar-refractivity contribution in [2.24, 2.45) is 5.92 Å². The summed E-state index contributed by atoms with van der Waals surface area (Å²) in [7, 11) is 4.14. The van der Waals surface area contributed by atoms with E-state index in [0.717, 1.165) is 61.5 Å². The summed E-state index contributed by atoms with van der Waals surface area (Å²) in [6.45, 7) is 7.66. The number of fused-ring (bicyclic) bond motifs is 1. The molecule has 0 unspecified atom stereocenters. The highest BCUT2D eigenvalue weighted by Gasteiger charge is 2.26. The fourth-order valence-electron chi connectivity index (χ4n) is 5.87. The van der Waals surface area contributed by atoms with Gasteiger partial charge in [0.25, 0.3) is 5.91 Å². The Morgan fingerprint density at radius 2 is 1.75 bits per heavy atom. The van der Waals surface area contributed by atoms with Crippen LogP contribution in [0.4, 0.5) is 11.8 Å². The van der Waals surface area contributed by atoms with Crippen LogP contribution in [0.2, 0.25) is 0 Å². The van der Waals surface area contributed by atoms with Crippen LogP contribution in [0.5, 0.6) is 0 Å². The largest absolute Gasteiger partial charge is 0.362 e. The zero-order chi connectivity index (χ0) is 28.3. The minimum Gasteiger partial charge on any atom is -0.362 e. The third kappa shape index (κ3) is 6.65. The zero-order valence-electron chi connectivity index (χ0n) is 24.8. The molecule has 2 aromatic heterocycles. The lowest BCUT2D eigenvalue weighted by Gasteiger charge is -2.30. The first-order valence-corrected chi connectivity index (χ1v) is 14.9. The van der Waals surface area contributed by atoms with E-state index in [-0.39, 0.29) is 11.3 Å². The fraction of sp³-hybridized carbons (Fsp3) is 0.562. The molecule has 0 saturated heterocycles. The Hall–Kier alpha value is -3.42. The van der Waals surface area contributed by atoms with Gasteiger partial charge < -0.3 is 15.5 Å². The molecular weight excluding hydrogens is 498 g/mol. The summed E-state index contributed by atoms with van der Waals surface area (Å²) in [4.78, 5) is 25.3. The predicted molar refractivity (Wildman–Crippen MR) is 161 cm³/mol. The fourth-order valence-corrected chi connectivity index (χ4v) is 5.87. The lowest BCUT2D eigenvalue weighted by Crippen LogP contribution is -2.35. The molecule has 0 aliphatic heterocycles. The average molecular weight is 544 g/mol.